The van der Waals surface area contributed by atoms with E-state index in [1.807, 2.05) is 0 Å². The van der Waals surface area contributed by atoms with E-state index in [9.17, 15) is 0 Å². The second-order valence-electron chi connectivity index (χ2n) is 14.5. The van der Waals surface area contributed by atoms with Crippen molar-refractivity contribution in [2.75, 3.05) is 4.90 Å². The van der Waals surface area contributed by atoms with Crippen molar-refractivity contribution in [1.82, 2.24) is 0 Å². The first kappa shape index (κ1) is 33.4. The van der Waals surface area contributed by atoms with Gasteiger partial charge in [-0.15, -0.1) is 0 Å². The molecule has 0 atom stereocenters. The molecule has 0 aromatic heterocycles. The zero-order valence-corrected chi connectivity index (χ0v) is 31.0. The number of benzene rings is 9. The van der Waals surface area contributed by atoms with Gasteiger partial charge in [0.25, 0.3) is 0 Å². The lowest BCUT2D eigenvalue weighted by Crippen LogP contribution is -2.28. The fraction of sp³-hybridized carbons (Fsp3) is 0.0182. The van der Waals surface area contributed by atoms with Gasteiger partial charge in [-0.2, -0.15) is 0 Å². The molecule has 1 aliphatic rings. The predicted molar refractivity (Wildman–Crippen MR) is 235 cm³/mol. The van der Waals surface area contributed by atoms with Crippen LogP contribution in [0.5, 0.6) is 0 Å². The van der Waals surface area contributed by atoms with Gasteiger partial charge in [-0.25, -0.2) is 0 Å². The SMILES string of the molecule is c1ccc(-c2ccc(N(c3ccc(-c4cccc(-c5ccccc5)c4)cc3)c3cccc(C4(c5ccccc5)c5ccccc5-c5ccccc54)c3)cc2)cc1. The van der Waals surface area contributed by atoms with E-state index in [1.54, 1.807) is 0 Å². The van der Waals surface area contributed by atoms with E-state index in [0.717, 1.165) is 17.1 Å². The highest BCUT2D eigenvalue weighted by molar-refractivity contribution is 5.87. The Kier molecular flexibility index (Phi) is 8.46. The van der Waals surface area contributed by atoms with Crippen molar-refractivity contribution in [3.05, 3.63) is 259 Å². The molecule has 0 aliphatic heterocycles. The summed E-state index contributed by atoms with van der Waals surface area (Å²) in [4.78, 5) is 2.40. The van der Waals surface area contributed by atoms with Crippen LogP contribution in [0, 0.1) is 0 Å². The van der Waals surface area contributed by atoms with Gasteiger partial charge < -0.3 is 4.90 Å². The summed E-state index contributed by atoms with van der Waals surface area (Å²) in [7, 11) is 0. The van der Waals surface area contributed by atoms with Gasteiger partial charge in [-0.1, -0.05) is 194 Å². The zero-order chi connectivity index (χ0) is 37.3. The Bertz CT molecular complexity index is 2720. The van der Waals surface area contributed by atoms with Gasteiger partial charge in [0, 0.05) is 17.1 Å². The summed E-state index contributed by atoms with van der Waals surface area (Å²) in [5.74, 6) is 0. The van der Waals surface area contributed by atoms with E-state index in [4.69, 9.17) is 0 Å². The lowest BCUT2D eigenvalue weighted by atomic mass is 9.67. The highest BCUT2D eigenvalue weighted by atomic mass is 15.1. The van der Waals surface area contributed by atoms with Crippen molar-refractivity contribution < 1.29 is 0 Å². The monoisotopic (exact) mass is 713 g/mol. The summed E-state index contributed by atoms with van der Waals surface area (Å²) >= 11 is 0. The van der Waals surface area contributed by atoms with Crippen LogP contribution >= 0.6 is 0 Å². The molecule has 0 fully saturated rings. The quantitative estimate of drug-likeness (QED) is 0.152. The van der Waals surface area contributed by atoms with Crippen LogP contribution in [0.15, 0.2) is 237 Å². The minimum atomic E-state index is -0.485. The number of anilines is 3. The number of nitrogens with zero attached hydrogens (tertiary/aromatic N) is 1. The van der Waals surface area contributed by atoms with Gasteiger partial charge >= 0.3 is 0 Å². The number of hydrogen-bond donors (Lipinski definition) is 0. The third kappa shape index (κ3) is 5.73. The Labute approximate surface area is 329 Å². The molecule has 0 spiro atoms. The van der Waals surface area contributed by atoms with E-state index >= 15 is 0 Å². The van der Waals surface area contributed by atoms with Crippen LogP contribution in [0.25, 0.3) is 44.5 Å². The summed E-state index contributed by atoms with van der Waals surface area (Å²) in [6.07, 6.45) is 0. The molecule has 0 saturated heterocycles. The van der Waals surface area contributed by atoms with Crippen molar-refractivity contribution in [1.29, 1.82) is 0 Å². The first-order valence-corrected chi connectivity index (χ1v) is 19.3. The maximum Gasteiger partial charge on any atom is 0.0714 e. The fourth-order valence-electron chi connectivity index (χ4n) is 8.78. The van der Waals surface area contributed by atoms with Crippen LogP contribution in [0.2, 0.25) is 0 Å². The van der Waals surface area contributed by atoms with Gasteiger partial charge in [0.2, 0.25) is 0 Å². The molecular formula is C55H39N. The number of fused-ring (bicyclic) bond motifs is 3. The molecule has 0 unspecified atom stereocenters. The van der Waals surface area contributed by atoms with Crippen LogP contribution in [-0.4, -0.2) is 0 Å². The van der Waals surface area contributed by atoms with Crippen LogP contribution in [0.3, 0.4) is 0 Å². The summed E-state index contributed by atoms with van der Waals surface area (Å²) in [6.45, 7) is 0. The molecule has 9 aromatic carbocycles. The van der Waals surface area contributed by atoms with E-state index in [1.165, 1.54) is 66.8 Å². The van der Waals surface area contributed by atoms with Gasteiger partial charge in [-0.3, -0.25) is 0 Å². The molecule has 1 nitrogen and oxygen atoms in total. The standard InChI is InChI=1S/C55H39N/c1-4-16-40(17-5-1)42-30-34-48(35-31-42)56(49-36-32-43(33-37-49)45-21-14-20-44(38-45)41-18-6-2-7-19-41)50-25-15-24-47(39-50)55(46-22-8-3-9-23-46)53-28-12-10-26-51(53)52-27-11-13-29-54(52)55/h1-39H. The lowest BCUT2D eigenvalue weighted by molar-refractivity contribution is 0.768. The van der Waals surface area contributed by atoms with E-state index in [2.05, 4.69) is 241 Å². The van der Waals surface area contributed by atoms with Gasteiger partial charge in [0.05, 0.1) is 5.41 Å². The van der Waals surface area contributed by atoms with Crippen LogP contribution in [0.1, 0.15) is 22.3 Å². The third-order valence-corrected chi connectivity index (χ3v) is 11.4. The minimum Gasteiger partial charge on any atom is -0.310 e. The molecule has 264 valence electrons. The Balaban J connectivity index is 1.13. The summed E-state index contributed by atoms with van der Waals surface area (Å²) in [5.41, 5.74) is 17.7. The molecule has 0 bridgehead atoms. The molecule has 56 heavy (non-hydrogen) atoms. The second kappa shape index (κ2) is 14.2. The maximum atomic E-state index is 2.41. The van der Waals surface area contributed by atoms with Crippen LogP contribution < -0.4 is 4.90 Å². The normalized spacial score (nSPS) is 12.4. The molecule has 0 amide bonds. The average Bonchev–Trinajstić information content (AvgIpc) is 3.59. The summed E-state index contributed by atoms with van der Waals surface area (Å²) in [5, 5.41) is 0. The molecule has 1 heteroatoms. The smallest absolute Gasteiger partial charge is 0.0714 e. The fourth-order valence-corrected chi connectivity index (χ4v) is 8.78. The summed E-state index contributed by atoms with van der Waals surface area (Å²) < 4.78 is 0. The largest absolute Gasteiger partial charge is 0.310 e. The van der Waals surface area contributed by atoms with Gasteiger partial charge in [0.15, 0.2) is 0 Å². The van der Waals surface area contributed by atoms with E-state index in [0.29, 0.717) is 0 Å². The molecule has 1 aliphatic carbocycles. The van der Waals surface area contributed by atoms with Crippen LogP contribution in [-0.2, 0) is 5.41 Å². The topological polar surface area (TPSA) is 3.24 Å². The number of hydrogen-bond acceptors (Lipinski definition) is 1. The lowest BCUT2D eigenvalue weighted by Gasteiger charge is -2.35. The zero-order valence-electron chi connectivity index (χ0n) is 31.0. The molecule has 0 N–H and O–H groups in total. The molecule has 0 heterocycles. The minimum absolute atomic E-state index is 0.485. The van der Waals surface area contributed by atoms with Gasteiger partial charge in [0.1, 0.15) is 0 Å². The first-order chi connectivity index (χ1) is 27.8. The van der Waals surface area contributed by atoms with Crippen molar-refractivity contribution >= 4 is 17.1 Å². The van der Waals surface area contributed by atoms with Crippen LogP contribution in [0.4, 0.5) is 17.1 Å². The van der Waals surface area contributed by atoms with Crippen molar-refractivity contribution in [2.24, 2.45) is 0 Å². The number of rotatable bonds is 8. The van der Waals surface area contributed by atoms with Crippen molar-refractivity contribution in [2.45, 2.75) is 5.41 Å². The second-order valence-corrected chi connectivity index (χ2v) is 14.5. The van der Waals surface area contributed by atoms with Crippen molar-refractivity contribution in [3.8, 4) is 44.5 Å². The summed E-state index contributed by atoms with van der Waals surface area (Å²) in [6, 6.07) is 86.1. The Morgan fingerprint density at radius 1 is 0.250 bits per heavy atom. The third-order valence-electron chi connectivity index (χ3n) is 11.4. The Morgan fingerprint density at radius 3 is 1.20 bits per heavy atom. The first-order valence-electron chi connectivity index (χ1n) is 19.3. The predicted octanol–water partition coefficient (Wildman–Crippen LogP) is 14.5. The highest BCUT2D eigenvalue weighted by Crippen LogP contribution is 2.56. The molecule has 10 rings (SSSR count). The Morgan fingerprint density at radius 2 is 0.643 bits per heavy atom. The van der Waals surface area contributed by atoms with Gasteiger partial charge in [-0.05, 0) is 109 Å². The molecule has 9 aromatic rings. The Hall–Kier alpha value is -7.22. The average molecular weight is 714 g/mol. The van der Waals surface area contributed by atoms with E-state index < -0.39 is 5.41 Å². The molecule has 0 radical (unpaired) electrons. The molecule has 0 saturated carbocycles. The van der Waals surface area contributed by atoms with Crippen molar-refractivity contribution in [3.63, 3.8) is 0 Å². The van der Waals surface area contributed by atoms with E-state index in [-0.39, 0.29) is 0 Å². The highest BCUT2D eigenvalue weighted by Gasteiger charge is 2.46. The molecular weight excluding hydrogens is 675 g/mol. The maximum absolute atomic E-state index is 2.41.